The Kier molecular flexibility index (Phi) is 4.83. The van der Waals surface area contributed by atoms with Crippen LogP contribution in [0.15, 0.2) is 24.3 Å². The molecular formula is C13H20N2O. The van der Waals surface area contributed by atoms with E-state index in [1.165, 1.54) is 0 Å². The molecule has 0 radical (unpaired) electrons. The van der Waals surface area contributed by atoms with Crippen molar-refractivity contribution in [3.05, 3.63) is 29.8 Å². The van der Waals surface area contributed by atoms with E-state index in [0.29, 0.717) is 18.2 Å². The highest BCUT2D eigenvalue weighted by atomic mass is 16.1. The number of rotatable bonds is 5. The van der Waals surface area contributed by atoms with Gasteiger partial charge in [0.2, 0.25) is 0 Å². The maximum atomic E-state index is 11.6. The fourth-order valence-corrected chi connectivity index (χ4v) is 1.40. The van der Waals surface area contributed by atoms with Gasteiger partial charge in [0.15, 0.2) is 0 Å². The van der Waals surface area contributed by atoms with E-state index in [-0.39, 0.29) is 5.91 Å². The molecule has 0 bridgehead atoms. The molecule has 2 N–H and O–H groups in total. The molecule has 0 aliphatic rings. The van der Waals surface area contributed by atoms with Crippen LogP contribution in [0.1, 0.15) is 37.6 Å². The van der Waals surface area contributed by atoms with Gasteiger partial charge in [0, 0.05) is 23.8 Å². The zero-order valence-corrected chi connectivity index (χ0v) is 10.2. The highest BCUT2D eigenvalue weighted by Crippen LogP contribution is 2.12. The van der Waals surface area contributed by atoms with Gasteiger partial charge in [0.1, 0.15) is 0 Å². The van der Waals surface area contributed by atoms with Gasteiger partial charge in [-0.25, -0.2) is 0 Å². The molecule has 0 spiro atoms. The summed E-state index contributed by atoms with van der Waals surface area (Å²) in [5.74, 6) is -0.0182. The molecule has 0 aliphatic carbocycles. The molecule has 1 rings (SSSR count). The second-order valence-electron chi connectivity index (χ2n) is 3.89. The van der Waals surface area contributed by atoms with Crippen LogP contribution in [-0.2, 0) is 0 Å². The lowest BCUT2D eigenvalue weighted by Gasteiger charge is -2.13. The second-order valence-corrected chi connectivity index (χ2v) is 3.89. The van der Waals surface area contributed by atoms with E-state index in [1.807, 2.05) is 31.2 Å². The molecule has 1 aromatic rings. The smallest absolute Gasteiger partial charge is 0.251 e. The van der Waals surface area contributed by atoms with Crippen LogP contribution in [0.2, 0.25) is 0 Å². The summed E-state index contributed by atoms with van der Waals surface area (Å²) in [6.07, 6.45) is 1.06. The Balaban J connectivity index is 2.74. The van der Waals surface area contributed by atoms with Gasteiger partial charge in [0.05, 0.1) is 0 Å². The van der Waals surface area contributed by atoms with Crippen LogP contribution in [0.3, 0.4) is 0 Å². The molecule has 3 heteroatoms. The lowest BCUT2D eigenvalue weighted by Crippen LogP contribution is -2.23. The van der Waals surface area contributed by atoms with Crippen LogP contribution in [0.5, 0.6) is 0 Å². The lowest BCUT2D eigenvalue weighted by atomic mass is 10.1. The van der Waals surface area contributed by atoms with E-state index in [0.717, 1.165) is 12.1 Å². The Hall–Kier alpha value is -1.51. The van der Waals surface area contributed by atoms with Crippen molar-refractivity contribution in [1.82, 2.24) is 5.32 Å². The normalized spacial score (nSPS) is 11.9. The van der Waals surface area contributed by atoms with Gasteiger partial charge in [0.25, 0.3) is 5.91 Å². The van der Waals surface area contributed by atoms with Gasteiger partial charge in [-0.15, -0.1) is 0 Å². The molecule has 1 unspecified atom stereocenters. The largest absolute Gasteiger partial charge is 0.383 e. The van der Waals surface area contributed by atoms with Gasteiger partial charge in [-0.05, 0) is 38.5 Å². The molecular weight excluding hydrogens is 200 g/mol. The van der Waals surface area contributed by atoms with E-state index in [9.17, 15) is 4.79 Å². The molecule has 0 fully saturated rings. The Morgan fingerprint density at radius 2 is 2.12 bits per heavy atom. The summed E-state index contributed by atoms with van der Waals surface area (Å²) in [7, 11) is 0. The van der Waals surface area contributed by atoms with E-state index >= 15 is 0 Å². The Morgan fingerprint density at radius 1 is 1.38 bits per heavy atom. The van der Waals surface area contributed by atoms with Crippen LogP contribution in [0.25, 0.3) is 0 Å². The predicted molar refractivity (Wildman–Crippen MR) is 67.8 cm³/mol. The van der Waals surface area contributed by atoms with Crippen LogP contribution >= 0.6 is 0 Å². The summed E-state index contributed by atoms with van der Waals surface area (Å²) < 4.78 is 0. The number of hydrogen-bond acceptors (Lipinski definition) is 2. The third-order valence-electron chi connectivity index (χ3n) is 2.49. The van der Waals surface area contributed by atoms with Crippen molar-refractivity contribution in [2.75, 3.05) is 11.9 Å². The Morgan fingerprint density at radius 3 is 2.75 bits per heavy atom. The minimum atomic E-state index is -0.0182. The number of benzene rings is 1. The predicted octanol–water partition coefficient (Wildman–Crippen LogP) is 2.65. The summed E-state index contributed by atoms with van der Waals surface area (Å²) in [6, 6.07) is 8.01. The van der Waals surface area contributed by atoms with Crippen molar-refractivity contribution in [1.29, 1.82) is 0 Å². The molecule has 0 saturated heterocycles. The maximum Gasteiger partial charge on any atom is 0.251 e. The van der Waals surface area contributed by atoms with Crippen LogP contribution in [0, 0.1) is 0 Å². The lowest BCUT2D eigenvalue weighted by molar-refractivity contribution is 0.0956. The van der Waals surface area contributed by atoms with Gasteiger partial charge >= 0.3 is 0 Å². The summed E-state index contributed by atoms with van der Waals surface area (Å²) in [5.41, 5.74) is 1.70. The first-order valence-corrected chi connectivity index (χ1v) is 5.82. The molecule has 88 valence electrons. The highest BCUT2D eigenvalue weighted by molar-refractivity contribution is 5.95. The van der Waals surface area contributed by atoms with Gasteiger partial charge in [-0.1, -0.05) is 13.0 Å². The SMILES string of the molecule is CCNC(=O)c1cccc(NC(C)CC)c1. The molecule has 1 atom stereocenters. The maximum absolute atomic E-state index is 11.6. The van der Waals surface area contributed by atoms with Crippen LogP contribution in [0.4, 0.5) is 5.69 Å². The number of carbonyl (C=O) groups is 1. The fraction of sp³-hybridized carbons (Fsp3) is 0.462. The molecule has 1 aromatic carbocycles. The minimum absolute atomic E-state index is 0.0182. The van der Waals surface area contributed by atoms with Crippen molar-refractivity contribution in [2.45, 2.75) is 33.2 Å². The van der Waals surface area contributed by atoms with Crippen LogP contribution in [-0.4, -0.2) is 18.5 Å². The highest BCUT2D eigenvalue weighted by Gasteiger charge is 2.05. The fourth-order valence-electron chi connectivity index (χ4n) is 1.40. The van der Waals surface area contributed by atoms with E-state index in [2.05, 4.69) is 24.5 Å². The van der Waals surface area contributed by atoms with E-state index in [1.54, 1.807) is 0 Å². The third kappa shape index (κ3) is 3.57. The number of hydrogen-bond donors (Lipinski definition) is 2. The van der Waals surface area contributed by atoms with Crippen molar-refractivity contribution in [3.8, 4) is 0 Å². The zero-order chi connectivity index (χ0) is 12.0. The first-order valence-electron chi connectivity index (χ1n) is 5.82. The molecule has 0 aromatic heterocycles. The summed E-state index contributed by atoms with van der Waals surface area (Å²) in [5, 5.41) is 6.14. The van der Waals surface area contributed by atoms with Gasteiger partial charge < -0.3 is 10.6 Å². The Labute approximate surface area is 97.2 Å². The van der Waals surface area contributed by atoms with Crippen molar-refractivity contribution in [2.24, 2.45) is 0 Å². The van der Waals surface area contributed by atoms with Crippen molar-refractivity contribution < 1.29 is 4.79 Å². The Bertz CT molecular complexity index is 350. The molecule has 16 heavy (non-hydrogen) atoms. The monoisotopic (exact) mass is 220 g/mol. The third-order valence-corrected chi connectivity index (χ3v) is 2.49. The summed E-state index contributed by atoms with van der Waals surface area (Å²) in [6.45, 7) is 6.82. The summed E-state index contributed by atoms with van der Waals surface area (Å²) >= 11 is 0. The second kappa shape index (κ2) is 6.16. The molecule has 0 aliphatic heterocycles. The molecule has 1 amide bonds. The minimum Gasteiger partial charge on any atom is -0.383 e. The van der Waals surface area contributed by atoms with Crippen LogP contribution < -0.4 is 10.6 Å². The van der Waals surface area contributed by atoms with E-state index < -0.39 is 0 Å². The summed E-state index contributed by atoms with van der Waals surface area (Å²) in [4.78, 5) is 11.6. The van der Waals surface area contributed by atoms with Gasteiger partial charge in [-0.2, -0.15) is 0 Å². The molecule has 0 saturated carbocycles. The van der Waals surface area contributed by atoms with E-state index in [4.69, 9.17) is 0 Å². The molecule has 0 heterocycles. The average molecular weight is 220 g/mol. The number of amides is 1. The zero-order valence-electron chi connectivity index (χ0n) is 10.2. The quantitative estimate of drug-likeness (QED) is 0.801. The van der Waals surface area contributed by atoms with Crippen molar-refractivity contribution >= 4 is 11.6 Å². The first kappa shape index (κ1) is 12.6. The number of nitrogens with one attached hydrogen (secondary N) is 2. The number of anilines is 1. The average Bonchev–Trinajstić information content (AvgIpc) is 2.29. The first-order chi connectivity index (χ1) is 7.67. The number of carbonyl (C=O) groups excluding carboxylic acids is 1. The topological polar surface area (TPSA) is 41.1 Å². The standard InChI is InChI=1S/C13H20N2O/c1-4-10(3)15-12-8-6-7-11(9-12)13(16)14-5-2/h6-10,15H,4-5H2,1-3H3,(H,14,16). The van der Waals surface area contributed by atoms with Crippen molar-refractivity contribution in [3.63, 3.8) is 0 Å². The van der Waals surface area contributed by atoms with Gasteiger partial charge in [-0.3, -0.25) is 4.79 Å². The molecule has 3 nitrogen and oxygen atoms in total.